The fraction of sp³-hybridized carbons (Fsp3) is 1.00. The normalized spacial score (nSPS) is 28.2. The number of hydrogen-bond donors (Lipinski definition) is 2. The third kappa shape index (κ3) is 5.39. The molecule has 1 aliphatic rings. The lowest BCUT2D eigenvalue weighted by Crippen LogP contribution is -2.52. The second-order valence-corrected chi connectivity index (χ2v) is 6.33. The van der Waals surface area contributed by atoms with Gasteiger partial charge in [0.15, 0.2) is 0 Å². The summed E-state index contributed by atoms with van der Waals surface area (Å²) in [5.74, 6) is 0.898. The summed E-state index contributed by atoms with van der Waals surface area (Å²) in [6.45, 7) is 7.70. The van der Waals surface area contributed by atoms with Gasteiger partial charge in [0, 0.05) is 18.1 Å². The van der Waals surface area contributed by atoms with E-state index in [4.69, 9.17) is 5.73 Å². The minimum Gasteiger partial charge on any atom is -0.329 e. The first-order valence-electron chi connectivity index (χ1n) is 7.57. The standard InChI is InChI=1S/C15H32N2/c1-4-5-6-7-10-15(3,12-16)17-14-9-8-13(2)11-14/h13-14,17H,4-12,16H2,1-3H3. The minimum atomic E-state index is 0.169. The maximum absolute atomic E-state index is 5.97. The van der Waals surface area contributed by atoms with Crippen LogP contribution in [0.2, 0.25) is 0 Å². The second kappa shape index (κ2) is 7.38. The van der Waals surface area contributed by atoms with Gasteiger partial charge in [-0.05, 0) is 38.5 Å². The van der Waals surface area contributed by atoms with Crippen molar-refractivity contribution < 1.29 is 0 Å². The summed E-state index contributed by atoms with van der Waals surface area (Å²) in [7, 11) is 0. The Hall–Kier alpha value is -0.0800. The predicted octanol–water partition coefficient (Wildman–Crippen LogP) is 3.45. The first kappa shape index (κ1) is 15.0. The molecule has 0 amide bonds. The Morgan fingerprint density at radius 2 is 2.00 bits per heavy atom. The summed E-state index contributed by atoms with van der Waals surface area (Å²) in [5.41, 5.74) is 6.14. The Balaban J connectivity index is 2.28. The molecule has 1 saturated carbocycles. The van der Waals surface area contributed by atoms with Crippen molar-refractivity contribution in [1.82, 2.24) is 5.32 Å². The van der Waals surface area contributed by atoms with Crippen LogP contribution in [0.1, 0.15) is 72.1 Å². The molecule has 2 heteroatoms. The van der Waals surface area contributed by atoms with E-state index in [2.05, 4.69) is 26.1 Å². The molecule has 0 aromatic carbocycles. The van der Waals surface area contributed by atoms with E-state index < -0.39 is 0 Å². The average Bonchev–Trinajstić information content (AvgIpc) is 2.70. The lowest BCUT2D eigenvalue weighted by Gasteiger charge is -2.33. The molecule has 3 N–H and O–H groups in total. The third-order valence-corrected chi connectivity index (χ3v) is 4.28. The topological polar surface area (TPSA) is 38.0 Å². The van der Waals surface area contributed by atoms with Gasteiger partial charge >= 0.3 is 0 Å². The summed E-state index contributed by atoms with van der Waals surface area (Å²) in [6.07, 6.45) is 10.6. The summed E-state index contributed by atoms with van der Waals surface area (Å²) in [4.78, 5) is 0. The van der Waals surface area contributed by atoms with E-state index >= 15 is 0 Å². The molecular weight excluding hydrogens is 208 g/mol. The maximum Gasteiger partial charge on any atom is 0.0278 e. The molecule has 0 aliphatic heterocycles. The largest absolute Gasteiger partial charge is 0.329 e. The Morgan fingerprint density at radius 1 is 1.24 bits per heavy atom. The van der Waals surface area contributed by atoms with E-state index in [1.807, 2.05) is 0 Å². The molecule has 102 valence electrons. The molecule has 0 heterocycles. The Labute approximate surface area is 108 Å². The van der Waals surface area contributed by atoms with Crippen LogP contribution in [0.15, 0.2) is 0 Å². The van der Waals surface area contributed by atoms with Crippen molar-refractivity contribution in [2.75, 3.05) is 6.54 Å². The zero-order chi connectivity index (χ0) is 12.7. The van der Waals surface area contributed by atoms with E-state index in [0.717, 1.165) is 12.5 Å². The van der Waals surface area contributed by atoms with Crippen molar-refractivity contribution in [1.29, 1.82) is 0 Å². The number of hydrogen-bond acceptors (Lipinski definition) is 2. The van der Waals surface area contributed by atoms with Crippen LogP contribution >= 0.6 is 0 Å². The van der Waals surface area contributed by atoms with Crippen LogP contribution in [0.25, 0.3) is 0 Å². The molecule has 3 atom stereocenters. The number of rotatable bonds is 8. The van der Waals surface area contributed by atoms with Crippen LogP contribution in [0.3, 0.4) is 0 Å². The van der Waals surface area contributed by atoms with E-state index in [1.54, 1.807) is 0 Å². The van der Waals surface area contributed by atoms with Crippen LogP contribution in [-0.2, 0) is 0 Å². The van der Waals surface area contributed by atoms with Crippen LogP contribution < -0.4 is 11.1 Å². The molecule has 1 fully saturated rings. The number of nitrogens with one attached hydrogen (secondary N) is 1. The summed E-state index contributed by atoms with van der Waals surface area (Å²) in [5, 5.41) is 3.82. The highest BCUT2D eigenvalue weighted by atomic mass is 15.0. The van der Waals surface area contributed by atoms with Gasteiger partial charge < -0.3 is 11.1 Å². The number of unbranched alkanes of at least 4 members (excludes halogenated alkanes) is 3. The second-order valence-electron chi connectivity index (χ2n) is 6.33. The van der Waals surface area contributed by atoms with Crippen molar-refractivity contribution in [3.63, 3.8) is 0 Å². The molecule has 0 spiro atoms. The van der Waals surface area contributed by atoms with Crippen molar-refractivity contribution in [3.05, 3.63) is 0 Å². The Bertz CT molecular complexity index is 205. The summed E-state index contributed by atoms with van der Waals surface area (Å²) in [6, 6.07) is 0.713. The number of nitrogens with two attached hydrogens (primary N) is 1. The SMILES string of the molecule is CCCCCCC(C)(CN)NC1CCC(C)C1. The van der Waals surface area contributed by atoms with Gasteiger partial charge in [-0.25, -0.2) is 0 Å². The zero-order valence-electron chi connectivity index (χ0n) is 12.1. The molecule has 1 rings (SSSR count). The smallest absolute Gasteiger partial charge is 0.0278 e. The van der Waals surface area contributed by atoms with Crippen molar-refractivity contribution >= 4 is 0 Å². The first-order valence-corrected chi connectivity index (χ1v) is 7.57. The van der Waals surface area contributed by atoms with Gasteiger partial charge in [0.05, 0.1) is 0 Å². The van der Waals surface area contributed by atoms with Crippen molar-refractivity contribution in [2.45, 2.75) is 83.7 Å². The molecule has 0 saturated heterocycles. The predicted molar refractivity (Wildman–Crippen MR) is 76.2 cm³/mol. The van der Waals surface area contributed by atoms with Crippen LogP contribution in [0, 0.1) is 5.92 Å². The highest BCUT2D eigenvalue weighted by Gasteiger charge is 2.29. The lowest BCUT2D eigenvalue weighted by atomic mass is 9.92. The lowest BCUT2D eigenvalue weighted by molar-refractivity contribution is 0.285. The molecule has 0 aromatic rings. The third-order valence-electron chi connectivity index (χ3n) is 4.28. The molecule has 2 nitrogen and oxygen atoms in total. The average molecular weight is 240 g/mol. The molecule has 0 radical (unpaired) electrons. The monoisotopic (exact) mass is 240 g/mol. The van der Waals surface area contributed by atoms with Gasteiger partial charge in [0.1, 0.15) is 0 Å². The molecule has 17 heavy (non-hydrogen) atoms. The van der Waals surface area contributed by atoms with Crippen LogP contribution in [0.5, 0.6) is 0 Å². The fourth-order valence-electron chi connectivity index (χ4n) is 3.01. The molecule has 3 unspecified atom stereocenters. The van der Waals surface area contributed by atoms with Crippen LogP contribution in [0.4, 0.5) is 0 Å². The van der Waals surface area contributed by atoms with E-state index in [-0.39, 0.29) is 5.54 Å². The Morgan fingerprint density at radius 3 is 2.53 bits per heavy atom. The highest BCUT2D eigenvalue weighted by molar-refractivity contribution is 4.90. The maximum atomic E-state index is 5.97. The van der Waals surface area contributed by atoms with E-state index in [0.29, 0.717) is 6.04 Å². The van der Waals surface area contributed by atoms with E-state index in [1.165, 1.54) is 51.4 Å². The quantitative estimate of drug-likeness (QED) is 0.638. The molecule has 1 aliphatic carbocycles. The molecule has 0 aromatic heterocycles. The van der Waals surface area contributed by atoms with Gasteiger partial charge in [-0.1, -0.05) is 39.5 Å². The van der Waals surface area contributed by atoms with Crippen LogP contribution in [-0.4, -0.2) is 18.1 Å². The van der Waals surface area contributed by atoms with Crippen molar-refractivity contribution in [3.8, 4) is 0 Å². The van der Waals surface area contributed by atoms with Gasteiger partial charge in [0.25, 0.3) is 0 Å². The first-order chi connectivity index (χ1) is 8.09. The Kier molecular flexibility index (Phi) is 6.50. The highest BCUT2D eigenvalue weighted by Crippen LogP contribution is 2.27. The van der Waals surface area contributed by atoms with Gasteiger partial charge in [-0.2, -0.15) is 0 Å². The summed E-state index contributed by atoms with van der Waals surface area (Å²) < 4.78 is 0. The fourth-order valence-corrected chi connectivity index (χ4v) is 3.01. The summed E-state index contributed by atoms with van der Waals surface area (Å²) >= 11 is 0. The van der Waals surface area contributed by atoms with Gasteiger partial charge in [0.2, 0.25) is 0 Å². The molecule has 0 bridgehead atoms. The molecular formula is C15H32N2. The van der Waals surface area contributed by atoms with Gasteiger partial charge in [-0.3, -0.25) is 0 Å². The zero-order valence-corrected chi connectivity index (χ0v) is 12.1. The van der Waals surface area contributed by atoms with E-state index in [9.17, 15) is 0 Å². The van der Waals surface area contributed by atoms with Crippen molar-refractivity contribution in [2.24, 2.45) is 11.7 Å². The minimum absolute atomic E-state index is 0.169. The van der Waals surface area contributed by atoms with Gasteiger partial charge in [-0.15, -0.1) is 0 Å².